The number of nitrogens with zero attached hydrogens (tertiary/aromatic N) is 1. The van der Waals surface area contributed by atoms with E-state index < -0.39 is 23.4 Å². The summed E-state index contributed by atoms with van der Waals surface area (Å²) in [5.41, 5.74) is -0.471. The highest BCUT2D eigenvalue weighted by Crippen LogP contribution is 2.33. The van der Waals surface area contributed by atoms with Gasteiger partial charge in [-0.25, -0.2) is 0 Å². The summed E-state index contributed by atoms with van der Waals surface area (Å²) >= 11 is 0.307. The van der Waals surface area contributed by atoms with Crippen LogP contribution in [0, 0.1) is 0 Å². The van der Waals surface area contributed by atoms with Crippen molar-refractivity contribution in [2.45, 2.75) is 23.4 Å². The van der Waals surface area contributed by atoms with Crippen LogP contribution in [0.1, 0.15) is 11.1 Å². The number of thioether (sulfide) groups is 1. The number of amides is 1. The van der Waals surface area contributed by atoms with Crippen LogP contribution in [-0.4, -0.2) is 30.2 Å². The maximum absolute atomic E-state index is 13.0. The van der Waals surface area contributed by atoms with Crippen molar-refractivity contribution in [3.8, 4) is 0 Å². The minimum absolute atomic E-state index is 0.0500. The van der Waals surface area contributed by atoms with Crippen LogP contribution in [0.3, 0.4) is 0 Å². The Balaban J connectivity index is 2.02. The lowest BCUT2D eigenvalue weighted by atomic mass is 10.1. The van der Waals surface area contributed by atoms with E-state index in [0.29, 0.717) is 11.8 Å². The molecular weight excluding hydrogens is 387 g/mol. The van der Waals surface area contributed by atoms with Crippen molar-refractivity contribution in [1.29, 1.82) is 0 Å². The normalized spacial score (nSPS) is 11.9. The highest BCUT2D eigenvalue weighted by atomic mass is 32.2. The van der Waals surface area contributed by atoms with Gasteiger partial charge in [0.2, 0.25) is 5.91 Å². The van der Waals surface area contributed by atoms with Gasteiger partial charge in [-0.05, 0) is 30.8 Å². The largest absolute Gasteiger partial charge is 0.416 e. The van der Waals surface area contributed by atoms with Gasteiger partial charge in [0.15, 0.2) is 0 Å². The van der Waals surface area contributed by atoms with Gasteiger partial charge in [-0.3, -0.25) is 9.69 Å². The van der Waals surface area contributed by atoms with Crippen LogP contribution in [0.2, 0.25) is 0 Å². The van der Waals surface area contributed by atoms with Gasteiger partial charge >= 0.3 is 6.18 Å². The number of nitrogens with one attached hydrogen (secondary N) is 1. The monoisotopic (exact) mass is 404 g/mol. The molecule has 0 heterocycles. The van der Waals surface area contributed by atoms with E-state index in [1.54, 1.807) is 12.1 Å². The van der Waals surface area contributed by atoms with Crippen LogP contribution in [0.4, 0.5) is 27.6 Å². The van der Waals surface area contributed by atoms with Crippen molar-refractivity contribution in [3.63, 3.8) is 0 Å². The number of benzene rings is 2. The van der Waals surface area contributed by atoms with Crippen molar-refractivity contribution in [3.05, 3.63) is 59.7 Å². The predicted molar refractivity (Wildman–Crippen MR) is 94.7 cm³/mol. The number of hydrogen-bond donors (Lipinski definition) is 1. The summed E-state index contributed by atoms with van der Waals surface area (Å²) in [5.74, 6) is -3.14. The van der Waals surface area contributed by atoms with E-state index in [2.05, 4.69) is 5.32 Å². The van der Waals surface area contributed by atoms with Gasteiger partial charge in [0.1, 0.15) is 0 Å². The molecule has 0 aliphatic carbocycles. The first-order valence-electron chi connectivity index (χ1n) is 7.84. The summed E-state index contributed by atoms with van der Waals surface area (Å²) < 4.78 is 64.3. The molecule has 0 saturated heterocycles. The Kier molecular flexibility index (Phi) is 7.20. The van der Waals surface area contributed by atoms with Gasteiger partial charge < -0.3 is 5.32 Å². The number of hydrogen-bond acceptors (Lipinski definition) is 3. The Labute approximate surface area is 157 Å². The molecule has 1 amide bonds. The van der Waals surface area contributed by atoms with Crippen molar-refractivity contribution in [1.82, 2.24) is 4.90 Å². The summed E-state index contributed by atoms with van der Waals surface area (Å²) in [6.45, 7) is -0.281. The lowest BCUT2D eigenvalue weighted by Gasteiger charge is -2.20. The van der Waals surface area contributed by atoms with Gasteiger partial charge in [-0.1, -0.05) is 42.1 Å². The summed E-state index contributed by atoms with van der Waals surface area (Å²) in [4.78, 5) is 13.8. The highest BCUT2D eigenvalue weighted by Gasteiger charge is 2.33. The molecule has 1 N–H and O–H groups in total. The molecule has 0 aliphatic heterocycles. The maximum atomic E-state index is 13.0. The van der Waals surface area contributed by atoms with Crippen LogP contribution >= 0.6 is 11.8 Å². The zero-order chi connectivity index (χ0) is 20.0. The first-order chi connectivity index (χ1) is 12.7. The molecule has 2 aromatic carbocycles. The second-order valence-electron chi connectivity index (χ2n) is 5.75. The fourth-order valence-corrected chi connectivity index (χ4v) is 3.08. The number of carbonyl (C=O) groups is 1. The van der Waals surface area contributed by atoms with Gasteiger partial charge in [-0.15, -0.1) is 0 Å². The smallest absolute Gasteiger partial charge is 0.324 e. The molecule has 0 radical (unpaired) electrons. The Bertz CT molecular complexity index is 782. The molecule has 0 bridgehead atoms. The molecule has 0 aliphatic rings. The zero-order valence-electron chi connectivity index (χ0n) is 14.3. The minimum atomic E-state index is -4.48. The summed E-state index contributed by atoms with van der Waals surface area (Å²) in [5, 5.41) is 2.52. The fourth-order valence-electron chi connectivity index (χ4n) is 2.48. The lowest BCUT2D eigenvalue weighted by molar-refractivity contribution is -0.138. The molecular formula is C18H17F5N2OS. The number of likely N-dealkylation sites (N-methyl/N-ethyl adjacent to an activating group) is 1. The van der Waals surface area contributed by atoms with Gasteiger partial charge in [0.25, 0.3) is 5.76 Å². The number of anilines is 1. The highest BCUT2D eigenvalue weighted by molar-refractivity contribution is 7.99. The minimum Gasteiger partial charge on any atom is -0.324 e. The number of rotatable bonds is 7. The molecule has 2 rings (SSSR count). The van der Waals surface area contributed by atoms with E-state index in [4.69, 9.17) is 0 Å². The van der Waals surface area contributed by atoms with Crippen LogP contribution in [0.5, 0.6) is 0 Å². The zero-order valence-corrected chi connectivity index (χ0v) is 15.1. The molecule has 27 heavy (non-hydrogen) atoms. The van der Waals surface area contributed by atoms with Crippen LogP contribution in [0.15, 0.2) is 53.4 Å². The van der Waals surface area contributed by atoms with E-state index >= 15 is 0 Å². The Morgan fingerprint density at radius 3 is 2.41 bits per heavy atom. The molecule has 0 spiro atoms. The summed E-state index contributed by atoms with van der Waals surface area (Å²) in [6, 6.07) is 11.2. The lowest BCUT2D eigenvalue weighted by Crippen LogP contribution is -2.30. The summed E-state index contributed by atoms with van der Waals surface area (Å²) in [6.07, 6.45) is -4.48. The molecule has 9 heteroatoms. The SMILES string of the molecule is CN(CC(=O)Nc1ccccc1SC(F)F)Cc1ccccc1C(F)(F)F. The molecule has 0 aromatic heterocycles. The third-order valence-electron chi connectivity index (χ3n) is 3.55. The molecule has 3 nitrogen and oxygen atoms in total. The van der Waals surface area contributed by atoms with Crippen molar-refractivity contribution in [2.24, 2.45) is 0 Å². The third-order valence-corrected chi connectivity index (χ3v) is 4.34. The first-order valence-corrected chi connectivity index (χ1v) is 8.72. The van der Waals surface area contributed by atoms with Gasteiger partial charge in [0.05, 0.1) is 17.8 Å². The van der Waals surface area contributed by atoms with Gasteiger partial charge in [0, 0.05) is 11.4 Å². The third kappa shape index (κ3) is 6.51. The number of halogens is 5. The van der Waals surface area contributed by atoms with Crippen molar-refractivity contribution < 1.29 is 26.7 Å². The van der Waals surface area contributed by atoms with Crippen LogP contribution < -0.4 is 5.32 Å². The predicted octanol–water partition coefficient (Wildman–Crippen LogP) is 5.09. The standard InChI is InChI=1S/C18H17F5N2OS/c1-25(10-12-6-2-3-7-13(12)18(21,22)23)11-16(26)24-14-8-4-5-9-15(14)27-17(19)20/h2-9,17H,10-11H2,1H3,(H,24,26). The van der Waals surface area contributed by atoms with E-state index in [1.165, 1.54) is 42.3 Å². The number of alkyl halides is 5. The quantitative estimate of drug-likeness (QED) is 0.515. The average Bonchev–Trinajstić information content (AvgIpc) is 2.55. The van der Waals surface area contributed by atoms with E-state index in [-0.39, 0.29) is 29.2 Å². The maximum Gasteiger partial charge on any atom is 0.416 e. The molecule has 2 aromatic rings. The molecule has 0 fully saturated rings. The number of carbonyl (C=O) groups excluding carboxylic acids is 1. The van der Waals surface area contributed by atoms with Gasteiger partial charge in [-0.2, -0.15) is 22.0 Å². The fraction of sp³-hybridized carbons (Fsp3) is 0.278. The first kappa shape index (κ1) is 21.2. The average molecular weight is 404 g/mol. The van der Waals surface area contributed by atoms with Crippen LogP contribution in [0.25, 0.3) is 0 Å². The van der Waals surface area contributed by atoms with Crippen LogP contribution in [-0.2, 0) is 17.5 Å². The Morgan fingerprint density at radius 1 is 1.11 bits per heavy atom. The van der Waals surface area contributed by atoms with Crippen molar-refractivity contribution >= 4 is 23.4 Å². The van der Waals surface area contributed by atoms with E-state index in [1.807, 2.05) is 0 Å². The molecule has 0 unspecified atom stereocenters. The van der Waals surface area contributed by atoms with E-state index in [9.17, 15) is 26.7 Å². The number of para-hydroxylation sites is 1. The summed E-state index contributed by atoms with van der Waals surface area (Å²) in [7, 11) is 1.51. The second-order valence-corrected chi connectivity index (χ2v) is 6.78. The molecule has 0 saturated carbocycles. The molecule has 0 atom stereocenters. The second kappa shape index (κ2) is 9.18. The van der Waals surface area contributed by atoms with Crippen molar-refractivity contribution in [2.75, 3.05) is 18.9 Å². The Hall–Kier alpha value is -2.13. The topological polar surface area (TPSA) is 32.3 Å². The molecule has 146 valence electrons. The Morgan fingerprint density at radius 2 is 1.74 bits per heavy atom. The van der Waals surface area contributed by atoms with E-state index in [0.717, 1.165) is 6.07 Å².